The lowest BCUT2D eigenvalue weighted by molar-refractivity contribution is -0.384. The van der Waals surface area contributed by atoms with Crippen LogP contribution in [-0.4, -0.2) is 17.0 Å². The number of ether oxygens (including phenoxy) is 1. The second-order valence-corrected chi connectivity index (χ2v) is 7.97. The Hall–Kier alpha value is -4.55. The fourth-order valence-corrected chi connectivity index (χ4v) is 4.03. The first kappa shape index (κ1) is 21.7. The van der Waals surface area contributed by atoms with Crippen molar-refractivity contribution in [3.05, 3.63) is 104 Å². The van der Waals surface area contributed by atoms with E-state index in [0.29, 0.717) is 27.1 Å². The first-order valence-corrected chi connectivity index (χ1v) is 10.6. The first-order chi connectivity index (χ1) is 16.0. The van der Waals surface area contributed by atoms with Crippen LogP contribution in [-0.2, 0) is 6.61 Å². The van der Waals surface area contributed by atoms with E-state index in [1.54, 1.807) is 36.4 Å². The van der Waals surface area contributed by atoms with Crippen LogP contribution in [0.4, 0.5) is 5.69 Å². The molecule has 0 spiro atoms. The zero-order valence-electron chi connectivity index (χ0n) is 17.1. The molecule has 0 radical (unpaired) electrons. The first-order valence-electron chi connectivity index (χ1n) is 9.76. The number of hydrogen-bond acceptors (Lipinski definition) is 7. The lowest BCUT2D eigenvalue weighted by Gasteiger charge is -2.10. The van der Waals surface area contributed by atoms with Crippen LogP contribution in [0.3, 0.4) is 0 Å². The van der Waals surface area contributed by atoms with Gasteiger partial charge in [0, 0.05) is 33.3 Å². The van der Waals surface area contributed by atoms with Crippen molar-refractivity contribution in [2.24, 2.45) is 5.10 Å². The number of nitro groups is 1. The van der Waals surface area contributed by atoms with Gasteiger partial charge in [0.15, 0.2) is 0 Å². The Morgan fingerprint density at radius 3 is 2.76 bits per heavy atom. The fraction of sp³-hybridized carbons (Fsp3) is 0.0417. The Bertz CT molecular complexity index is 1420. The summed E-state index contributed by atoms with van der Waals surface area (Å²) in [5.74, 6) is 0.133. The summed E-state index contributed by atoms with van der Waals surface area (Å²) in [5.41, 5.74) is 4.41. The number of nitriles is 1. The Kier molecular flexibility index (Phi) is 6.38. The van der Waals surface area contributed by atoms with E-state index in [9.17, 15) is 20.2 Å². The Labute approximate surface area is 192 Å². The molecule has 0 aliphatic heterocycles. The summed E-state index contributed by atoms with van der Waals surface area (Å²) < 4.78 is 6.64. The molecule has 4 aromatic rings. The van der Waals surface area contributed by atoms with Crippen LogP contribution in [0, 0.1) is 21.4 Å². The summed E-state index contributed by atoms with van der Waals surface area (Å²) in [5, 5.41) is 24.8. The highest BCUT2D eigenvalue weighted by atomic mass is 32.1. The third kappa shape index (κ3) is 5.03. The SMILES string of the molecule is N#Cc1ccccc1COc1ccccc1C=NNC(=O)c1cc2cc([N+](=O)[O-])ccc2s1. The third-order valence-corrected chi connectivity index (χ3v) is 5.86. The summed E-state index contributed by atoms with van der Waals surface area (Å²) in [6, 6.07) is 22.6. The van der Waals surface area contributed by atoms with E-state index < -0.39 is 10.8 Å². The molecule has 0 aliphatic carbocycles. The molecule has 0 fully saturated rings. The number of benzene rings is 3. The number of thiophene rings is 1. The molecular weight excluding hydrogens is 440 g/mol. The highest BCUT2D eigenvalue weighted by Crippen LogP contribution is 2.29. The normalized spacial score (nSPS) is 10.8. The standard InChI is InChI=1S/C24H16N4O4S/c25-13-16-5-1-2-7-18(16)15-32-21-8-4-3-6-17(21)14-26-27-24(29)23-12-19-11-20(28(30)31)9-10-22(19)33-23/h1-12,14H,15H2,(H,27,29). The summed E-state index contributed by atoms with van der Waals surface area (Å²) in [6.07, 6.45) is 1.47. The highest BCUT2D eigenvalue weighted by Gasteiger charge is 2.13. The van der Waals surface area contributed by atoms with Crippen molar-refractivity contribution in [1.82, 2.24) is 5.43 Å². The molecule has 9 heteroatoms. The Morgan fingerprint density at radius 2 is 1.94 bits per heavy atom. The second kappa shape index (κ2) is 9.72. The molecule has 0 saturated heterocycles. The highest BCUT2D eigenvalue weighted by molar-refractivity contribution is 7.20. The minimum absolute atomic E-state index is 0.0284. The Balaban J connectivity index is 1.44. The number of para-hydroxylation sites is 1. The molecule has 1 N–H and O–H groups in total. The second-order valence-electron chi connectivity index (χ2n) is 6.88. The van der Waals surface area contributed by atoms with E-state index in [2.05, 4.69) is 16.6 Å². The van der Waals surface area contributed by atoms with Gasteiger partial charge in [-0.25, -0.2) is 5.43 Å². The van der Waals surface area contributed by atoms with Crippen molar-refractivity contribution in [2.75, 3.05) is 0 Å². The van der Waals surface area contributed by atoms with Crippen LogP contribution in [0.15, 0.2) is 77.9 Å². The van der Waals surface area contributed by atoms with Crippen molar-refractivity contribution in [1.29, 1.82) is 5.26 Å². The van der Waals surface area contributed by atoms with Gasteiger partial charge in [-0.3, -0.25) is 14.9 Å². The van der Waals surface area contributed by atoms with E-state index >= 15 is 0 Å². The molecule has 0 saturated carbocycles. The molecule has 162 valence electrons. The van der Waals surface area contributed by atoms with Crippen LogP contribution in [0.5, 0.6) is 5.75 Å². The van der Waals surface area contributed by atoms with E-state index in [0.717, 1.165) is 10.3 Å². The number of carbonyl (C=O) groups is 1. The van der Waals surface area contributed by atoms with Crippen molar-refractivity contribution >= 4 is 39.2 Å². The molecule has 8 nitrogen and oxygen atoms in total. The third-order valence-electron chi connectivity index (χ3n) is 4.74. The molecule has 0 bridgehead atoms. The smallest absolute Gasteiger partial charge is 0.281 e. The maximum absolute atomic E-state index is 12.5. The summed E-state index contributed by atoms with van der Waals surface area (Å²) in [4.78, 5) is 23.3. The van der Waals surface area contributed by atoms with Gasteiger partial charge in [0.25, 0.3) is 11.6 Å². The molecular formula is C24H16N4O4S. The Morgan fingerprint density at radius 1 is 1.15 bits per heavy atom. The number of non-ortho nitro benzene ring substituents is 1. The number of nitro benzene ring substituents is 1. The molecule has 0 aliphatic rings. The quantitative estimate of drug-likeness (QED) is 0.238. The van der Waals surface area contributed by atoms with Gasteiger partial charge in [0.05, 0.1) is 27.6 Å². The van der Waals surface area contributed by atoms with Crippen molar-refractivity contribution < 1.29 is 14.5 Å². The molecule has 4 rings (SSSR count). The van der Waals surface area contributed by atoms with E-state index in [-0.39, 0.29) is 12.3 Å². The van der Waals surface area contributed by atoms with Gasteiger partial charge < -0.3 is 4.74 Å². The molecule has 1 amide bonds. The zero-order valence-corrected chi connectivity index (χ0v) is 17.9. The van der Waals surface area contributed by atoms with Gasteiger partial charge in [-0.15, -0.1) is 11.3 Å². The lowest BCUT2D eigenvalue weighted by atomic mass is 10.1. The van der Waals surface area contributed by atoms with Gasteiger partial charge in [0.1, 0.15) is 12.4 Å². The largest absolute Gasteiger partial charge is 0.488 e. The number of fused-ring (bicyclic) bond motifs is 1. The van der Waals surface area contributed by atoms with Crippen molar-refractivity contribution in [3.8, 4) is 11.8 Å². The number of nitrogens with zero attached hydrogens (tertiary/aromatic N) is 3. The van der Waals surface area contributed by atoms with Crippen LogP contribution < -0.4 is 10.2 Å². The summed E-state index contributed by atoms with van der Waals surface area (Å²) in [6.45, 7) is 0.217. The molecule has 3 aromatic carbocycles. The summed E-state index contributed by atoms with van der Waals surface area (Å²) in [7, 11) is 0. The average molecular weight is 456 g/mol. The number of rotatable bonds is 7. The van der Waals surface area contributed by atoms with Crippen LogP contribution in [0.1, 0.15) is 26.4 Å². The van der Waals surface area contributed by atoms with E-state index in [1.807, 2.05) is 24.3 Å². The predicted molar refractivity (Wildman–Crippen MR) is 125 cm³/mol. The zero-order chi connectivity index (χ0) is 23.2. The van der Waals surface area contributed by atoms with Gasteiger partial charge in [-0.1, -0.05) is 30.3 Å². The van der Waals surface area contributed by atoms with Crippen LogP contribution in [0.2, 0.25) is 0 Å². The van der Waals surface area contributed by atoms with Crippen LogP contribution in [0.25, 0.3) is 10.1 Å². The molecule has 33 heavy (non-hydrogen) atoms. The van der Waals surface area contributed by atoms with Crippen molar-refractivity contribution in [2.45, 2.75) is 6.61 Å². The fourth-order valence-electron chi connectivity index (χ4n) is 3.10. The van der Waals surface area contributed by atoms with Gasteiger partial charge in [-0.05, 0) is 30.3 Å². The number of amides is 1. The maximum atomic E-state index is 12.5. The van der Waals surface area contributed by atoms with Crippen molar-refractivity contribution in [3.63, 3.8) is 0 Å². The monoisotopic (exact) mass is 456 g/mol. The number of nitrogens with one attached hydrogen (secondary N) is 1. The van der Waals surface area contributed by atoms with E-state index in [1.165, 1.54) is 29.7 Å². The predicted octanol–water partition coefficient (Wildman–Crippen LogP) is 5.02. The number of carbonyl (C=O) groups excluding carboxylic acids is 1. The minimum atomic E-state index is -0.473. The maximum Gasteiger partial charge on any atom is 0.281 e. The molecule has 0 unspecified atom stereocenters. The summed E-state index contributed by atoms with van der Waals surface area (Å²) >= 11 is 1.22. The van der Waals surface area contributed by atoms with Gasteiger partial charge in [-0.2, -0.15) is 10.4 Å². The topological polar surface area (TPSA) is 118 Å². The van der Waals surface area contributed by atoms with E-state index in [4.69, 9.17) is 4.74 Å². The van der Waals surface area contributed by atoms with Crippen LogP contribution >= 0.6 is 11.3 Å². The minimum Gasteiger partial charge on any atom is -0.488 e. The van der Waals surface area contributed by atoms with Gasteiger partial charge in [0.2, 0.25) is 0 Å². The number of hydrazone groups is 1. The molecule has 0 atom stereocenters. The lowest BCUT2D eigenvalue weighted by Crippen LogP contribution is -2.16. The molecule has 1 heterocycles. The van der Waals surface area contributed by atoms with Gasteiger partial charge >= 0.3 is 0 Å². The number of hydrogen-bond donors (Lipinski definition) is 1. The average Bonchev–Trinajstić information content (AvgIpc) is 3.27. The molecule has 1 aromatic heterocycles.